The molecule has 5 aromatic rings. The van der Waals surface area contributed by atoms with E-state index in [1.807, 2.05) is 38.1 Å². The number of rotatable bonds is 7. The molecule has 0 aliphatic heterocycles. The Morgan fingerprint density at radius 1 is 1.05 bits per heavy atom. The van der Waals surface area contributed by atoms with Crippen molar-refractivity contribution >= 4 is 22.8 Å². The van der Waals surface area contributed by atoms with Crippen LogP contribution in [0.2, 0.25) is 0 Å². The molecule has 1 atom stereocenters. The Morgan fingerprint density at radius 3 is 2.45 bits per heavy atom. The predicted molar refractivity (Wildman–Crippen MR) is 146 cm³/mol. The molecule has 0 saturated carbocycles. The fourth-order valence-electron chi connectivity index (χ4n) is 5.01. The van der Waals surface area contributed by atoms with Crippen LogP contribution in [0.3, 0.4) is 0 Å². The van der Waals surface area contributed by atoms with Crippen molar-refractivity contribution in [1.82, 2.24) is 19.2 Å². The zero-order valence-electron chi connectivity index (χ0n) is 22.6. The van der Waals surface area contributed by atoms with Crippen molar-refractivity contribution in [2.45, 2.75) is 53.9 Å². The van der Waals surface area contributed by atoms with E-state index in [0.717, 1.165) is 17.5 Å². The van der Waals surface area contributed by atoms with E-state index >= 15 is 0 Å². The Balaban J connectivity index is 1.80. The number of esters is 1. The van der Waals surface area contributed by atoms with Gasteiger partial charge in [-0.1, -0.05) is 57.2 Å². The van der Waals surface area contributed by atoms with Gasteiger partial charge in [-0.15, -0.1) is 10.2 Å². The number of fused-ring (bicyclic) bond motifs is 3. The van der Waals surface area contributed by atoms with Crippen LogP contribution in [0.15, 0.2) is 57.7 Å². The standard InChI is InChI=1S/C30H32N4O4/c1-7-37-29(36)24-20(6)38-28-25(24)27(35)33(23-10-8-9-18(4)16-23)30-32-31-26(34(28)30)19(5)22-13-11-21(12-14-22)15-17(2)3/h8-14,16-17,19H,7,15H2,1-6H3. The SMILES string of the molecule is CCOC(=O)c1c(C)oc2c1c(=O)n(-c1cccc(C)c1)c1nnc(C(C)c3ccc(CC(C)C)cc3)n21. The number of carbonyl (C=O) groups is 1. The van der Waals surface area contributed by atoms with Crippen LogP contribution in [0.4, 0.5) is 0 Å². The smallest absolute Gasteiger partial charge is 0.342 e. The maximum Gasteiger partial charge on any atom is 0.342 e. The van der Waals surface area contributed by atoms with Crippen LogP contribution in [0, 0.1) is 19.8 Å². The lowest BCUT2D eigenvalue weighted by Crippen LogP contribution is -2.23. The van der Waals surface area contributed by atoms with Crippen molar-refractivity contribution in [2.75, 3.05) is 6.61 Å². The van der Waals surface area contributed by atoms with Crippen molar-refractivity contribution in [2.24, 2.45) is 5.92 Å². The van der Waals surface area contributed by atoms with Crippen LogP contribution in [-0.2, 0) is 11.2 Å². The Labute approximate surface area is 220 Å². The molecule has 196 valence electrons. The van der Waals surface area contributed by atoms with Gasteiger partial charge >= 0.3 is 5.97 Å². The van der Waals surface area contributed by atoms with Gasteiger partial charge in [0.1, 0.15) is 22.5 Å². The summed E-state index contributed by atoms with van der Waals surface area (Å²) < 4.78 is 14.6. The van der Waals surface area contributed by atoms with Gasteiger partial charge < -0.3 is 9.15 Å². The molecule has 3 aromatic heterocycles. The molecule has 0 fully saturated rings. The minimum Gasteiger partial charge on any atom is -0.462 e. The van der Waals surface area contributed by atoms with Crippen LogP contribution in [0.25, 0.3) is 22.6 Å². The lowest BCUT2D eigenvalue weighted by Gasteiger charge is -2.14. The molecule has 8 heteroatoms. The average molecular weight is 513 g/mol. The molecule has 0 amide bonds. The van der Waals surface area contributed by atoms with Gasteiger partial charge in [0.15, 0.2) is 0 Å². The fourth-order valence-corrected chi connectivity index (χ4v) is 5.01. The highest BCUT2D eigenvalue weighted by atomic mass is 16.5. The third-order valence-corrected chi connectivity index (χ3v) is 6.81. The quantitative estimate of drug-likeness (QED) is 0.257. The normalized spacial score (nSPS) is 12.5. The van der Waals surface area contributed by atoms with E-state index in [4.69, 9.17) is 9.15 Å². The maximum atomic E-state index is 14.0. The van der Waals surface area contributed by atoms with E-state index in [9.17, 15) is 9.59 Å². The predicted octanol–water partition coefficient (Wildman–Crippen LogP) is 5.77. The molecule has 0 spiro atoms. The number of carbonyl (C=O) groups excluding carboxylic acids is 1. The Bertz CT molecular complexity index is 1710. The first-order valence-corrected chi connectivity index (χ1v) is 13.0. The van der Waals surface area contributed by atoms with Gasteiger partial charge in [0, 0.05) is 5.92 Å². The van der Waals surface area contributed by atoms with Crippen molar-refractivity contribution in [3.05, 3.63) is 92.7 Å². The van der Waals surface area contributed by atoms with Gasteiger partial charge in [0.05, 0.1) is 12.3 Å². The summed E-state index contributed by atoms with van der Waals surface area (Å²) in [7, 11) is 0. The molecule has 5 rings (SSSR count). The van der Waals surface area contributed by atoms with E-state index in [-0.39, 0.29) is 29.2 Å². The van der Waals surface area contributed by atoms with Gasteiger partial charge in [-0.3, -0.25) is 4.79 Å². The number of aryl methyl sites for hydroxylation is 2. The molecule has 38 heavy (non-hydrogen) atoms. The second-order valence-electron chi connectivity index (χ2n) is 10.2. The third kappa shape index (κ3) is 4.30. The molecule has 1 unspecified atom stereocenters. The minimum absolute atomic E-state index is 0.125. The highest BCUT2D eigenvalue weighted by molar-refractivity contribution is 6.04. The van der Waals surface area contributed by atoms with Crippen LogP contribution in [-0.4, -0.2) is 31.7 Å². The third-order valence-electron chi connectivity index (χ3n) is 6.81. The number of nitrogens with zero attached hydrogens (tertiary/aromatic N) is 4. The minimum atomic E-state index is -0.598. The monoisotopic (exact) mass is 512 g/mol. The molecule has 3 heterocycles. The lowest BCUT2D eigenvalue weighted by molar-refractivity contribution is 0.0526. The van der Waals surface area contributed by atoms with E-state index in [1.54, 1.807) is 18.2 Å². The van der Waals surface area contributed by atoms with Crippen LogP contribution < -0.4 is 5.56 Å². The van der Waals surface area contributed by atoms with Crippen molar-refractivity contribution in [3.8, 4) is 5.69 Å². The second kappa shape index (κ2) is 9.93. The number of benzene rings is 2. The lowest BCUT2D eigenvalue weighted by atomic mass is 9.96. The number of hydrogen-bond acceptors (Lipinski definition) is 6. The number of ether oxygens (including phenoxy) is 1. The molecule has 0 radical (unpaired) electrons. The second-order valence-corrected chi connectivity index (χ2v) is 10.2. The Hall–Kier alpha value is -4.20. The molecular weight excluding hydrogens is 480 g/mol. The molecular formula is C30H32N4O4. The maximum absolute atomic E-state index is 14.0. The zero-order valence-corrected chi connectivity index (χ0v) is 22.6. The van der Waals surface area contributed by atoms with Gasteiger partial charge in [0.25, 0.3) is 5.56 Å². The number of aromatic nitrogens is 4. The molecule has 0 aliphatic rings. The van der Waals surface area contributed by atoms with Gasteiger partial charge in [-0.25, -0.2) is 13.8 Å². The first kappa shape index (κ1) is 25.4. The Morgan fingerprint density at radius 2 is 1.79 bits per heavy atom. The number of hydrogen-bond donors (Lipinski definition) is 0. The van der Waals surface area contributed by atoms with Gasteiger partial charge in [-0.2, -0.15) is 0 Å². The first-order valence-electron chi connectivity index (χ1n) is 13.0. The summed E-state index contributed by atoms with van der Waals surface area (Å²) >= 11 is 0. The highest BCUT2D eigenvalue weighted by Crippen LogP contribution is 2.30. The fraction of sp³-hybridized carbons (Fsp3) is 0.333. The summed E-state index contributed by atoms with van der Waals surface area (Å²) in [6, 6.07) is 16.1. The molecule has 0 aliphatic carbocycles. The largest absolute Gasteiger partial charge is 0.462 e. The summed E-state index contributed by atoms with van der Waals surface area (Å²) in [5.74, 6) is 1.04. The summed E-state index contributed by atoms with van der Waals surface area (Å²) in [4.78, 5) is 26.9. The zero-order chi connectivity index (χ0) is 27.1. The van der Waals surface area contributed by atoms with E-state index in [2.05, 4.69) is 48.3 Å². The van der Waals surface area contributed by atoms with E-state index in [1.165, 1.54) is 10.1 Å². The van der Waals surface area contributed by atoms with E-state index < -0.39 is 11.5 Å². The van der Waals surface area contributed by atoms with Crippen molar-refractivity contribution < 1.29 is 13.9 Å². The topological polar surface area (TPSA) is 91.6 Å². The van der Waals surface area contributed by atoms with Crippen molar-refractivity contribution in [3.63, 3.8) is 0 Å². The van der Waals surface area contributed by atoms with Gasteiger partial charge in [-0.05, 0) is 61.9 Å². The molecule has 0 bridgehead atoms. The summed E-state index contributed by atoms with van der Waals surface area (Å²) in [6.07, 6.45) is 1.01. The number of furan rings is 1. The average Bonchev–Trinajstić information content (AvgIpc) is 3.45. The van der Waals surface area contributed by atoms with Crippen LogP contribution in [0.5, 0.6) is 0 Å². The molecule has 2 aromatic carbocycles. The van der Waals surface area contributed by atoms with Crippen LogP contribution in [0.1, 0.15) is 72.2 Å². The summed E-state index contributed by atoms with van der Waals surface area (Å²) in [5.41, 5.74) is 3.89. The van der Waals surface area contributed by atoms with Crippen LogP contribution >= 0.6 is 0 Å². The molecule has 8 nitrogen and oxygen atoms in total. The highest BCUT2D eigenvalue weighted by Gasteiger charge is 2.29. The first-order chi connectivity index (χ1) is 18.2. The molecule has 0 N–H and O–H groups in total. The molecule has 0 saturated heterocycles. The summed E-state index contributed by atoms with van der Waals surface area (Å²) in [6.45, 7) is 12.0. The van der Waals surface area contributed by atoms with Crippen molar-refractivity contribution in [1.29, 1.82) is 0 Å². The Kier molecular flexibility index (Phi) is 6.65. The van der Waals surface area contributed by atoms with Gasteiger partial charge in [0.2, 0.25) is 11.5 Å². The summed E-state index contributed by atoms with van der Waals surface area (Å²) in [5, 5.41) is 9.15. The van der Waals surface area contributed by atoms with E-state index in [0.29, 0.717) is 29.0 Å².